The van der Waals surface area contributed by atoms with Gasteiger partial charge in [0.15, 0.2) is 0 Å². The van der Waals surface area contributed by atoms with E-state index in [-0.39, 0.29) is 0 Å². The van der Waals surface area contributed by atoms with Gasteiger partial charge in [-0.05, 0) is 58.0 Å². The van der Waals surface area contributed by atoms with Gasteiger partial charge in [-0.1, -0.05) is 20.3 Å². The molecule has 0 aromatic rings. The SMILES string of the molecule is CCCNC1(C(=O)O)CCC(N2CCCCC2CC)C1. The normalized spacial score (nSPS) is 35.3. The van der Waals surface area contributed by atoms with Gasteiger partial charge in [-0.3, -0.25) is 9.69 Å². The number of carboxylic acids is 1. The van der Waals surface area contributed by atoms with Crippen molar-refractivity contribution in [2.24, 2.45) is 0 Å². The van der Waals surface area contributed by atoms with Crippen molar-refractivity contribution < 1.29 is 9.90 Å². The van der Waals surface area contributed by atoms with E-state index in [1.165, 1.54) is 25.7 Å². The molecule has 1 saturated carbocycles. The van der Waals surface area contributed by atoms with Crippen LogP contribution in [0.1, 0.15) is 65.2 Å². The summed E-state index contributed by atoms with van der Waals surface area (Å²) in [5.41, 5.74) is -0.670. The minimum atomic E-state index is -0.670. The first-order chi connectivity index (χ1) is 9.63. The number of rotatable bonds is 6. The first kappa shape index (κ1) is 15.8. The number of nitrogens with one attached hydrogen (secondary N) is 1. The minimum Gasteiger partial charge on any atom is -0.480 e. The molecule has 0 aromatic heterocycles. The fraction of sp³-hybridized carbons (Fsp3) is 0.938. The monoisotopic (exact) mass is 282 g/mol. The van der Waals surface area contributed by atoms with Gasteiger partial charge < -0.3 is 10.4 Å². The van der Waals surface area contributed by atoms with Crippen molar-refractivity contribution in [1.82, 2.24) is 10.2 Å². The number of carbonyl (C=O) groups is 1. The van der Waals surface area contributed by atoms with E-state index in [2.05, 4.69) is 24.1 Å². The van der Waals surface area contributed by atoms with Crippen molar-refractivity contribution in [1.29, 1.82) is 0 Å². The highest BCUT2D eigenvalue weighted by Gasteiger charge is 2.47. The Morgan fingerprint density at radius 2 is 2.15 bits per heavy atom. The van der Waals surface area contributed by atoms with Gasteiger partial charge in [-0.15, -0.1) is 0 Å². The van der Waals surface area contributed by atoms with Gasteiger partial charge in [0.1, 0.15) is 5.54 Å². The Bertz CT molecular complexity index is 334. The number of hydrogen-bond acceptors (Lipinski definition) is 3. The molecule has 0 radical (unpaired) electrons. The molecule has 1 heterocycles. The van der Waals surface area contributed by atoms with Crippen LogP contribution < -0.4 is 5.32 Å². The summed E-state index contributed by atoms with van der Waals surface area (Å²) in [4.78, 5) is 14.3. The maximum Gasteiger partial charge on any atom is 0.323 e. The Labute approximate surface area is 122 Å². The molecular formula is C16H30N2O2. The molecule has 0 aromatic carbocycles. The molecule has 2 rings (SSSR count). The van der Waals surface area contributed by atoms with Crippen LogP contribution in [0.2, 0.25) is 0 Å². The topological polar surface area (TPSA) is 52.6 Å². The third-order valence-electron chi connectivity index (χ3n) is 5.22. The van der Waals surface area contributed by atoms with E-state index < -0.39 is 11.5 Å². The fourth-order valence-electron chi connectivity index (χ4n) is 4.04. The Morgan fingerprint density at radius 1 is 1.35 bits per heavy atom. The predicted molar refractivity (Wildman–Crippen MR) is 80.9 cm³/mol. The van der Waals surface area contributed by atoms with Gasteiger partial charge >= 0.3 is 5.97 Å². The average molecular weight is 282 g/mol. The molecule has 1 aliphatic heterocycles. The van der Waals surface area contributed by atoms with Crippen LogP contribution in [0, 0.1) is 0 Å². The summed E-state index contributed by atoms with van der Waals surface area (Å²) < 4.78 is 0. The zero-order valence-electron chi connectivity index (χ0n) is 13.0. The average Bonchev–Trinajstić information content (AvgIpc) is 2.90. The molecule has 1 saturated heterocycles. The highest BCUT2D eigenvalue weighted by molar-refractivity contribution is 5.79. The lowest BCUT2D eigenvalue weighted by Gasteiger charge is -2.40. The summed E-state index contributed by atoms with van der Waals surface area (Å²) in [5.74, 6) is -0.654. The lowest BCUT2D eigenvalue weighted by molar-refractivity contribution is -0.144. The highest BCUT2D eigenvalue weighted by Crippen LogP contribution is 2.36. The summed E-state index contributed by atoms with van der Waals surface area (Å²) in [7, 11) is 0. The summed E-state index contributed by atoms with van der Waals surface area (Å²) >= 11 is 0. The molecule has 116 valence electrons. The molecular weight excluding hydrogens is 252 g/mol. The minimum absolute atomic E-state index is 0.459. The largest absolute Gasteiger partial charge is 0.480 e. The van der Waals surface area contributed by atoms with Crippen molar-refractivity contribution in [3.8, 4) is 0 Å². The number of nitrogens with zero attached hydrogens (tertiary/aromatic N) is 1. The highest BCUT2D eigenvalue weighted by atomic mass is 16.4. The van der Waals surface area contributed by atoms with Crippen LogP contribution >= 0.6 is 0 Å². The molecule has 3 atom stereocenters. The molecule has 2 aliphatic rings. The van der Waals surface area contributed by atoms with Crippen LogP contribution in [0.5, 0.6) is 0 Å². The Balaban J connectivity index is 2.03. The molecule has 0 amide bonds. The van der Waals surface area contributed by atoms with Crippen LogP contribution in [0.15, 0.2) is 0 Å². The Kier molecular flexibility index (Phi) is 5.44. The molecule has 20 heavy (non-hydrogen) atoms. The number of aliphatic carboxylic acids is 1. The van der Waals surface area contributed by atoms with Crippen molar-refractivity contribution in [2.45, 2.75) is 82.8 Å². The second kappa shape index (κ2) is 6.90. The molecule has 2 N–H and O–H groups in total. The van der Waals surface area contributed by atoms with E-state index in [4.69, 9.17) is 0 Å². The van der Waals surface area contributed by atoms with Crippen LogP contribution in [0.4, 0.5) is 0 Å². The van der Waals surface area contributed by atoms with E-state index in [1.807, 2.05) is 0 Å². The van der Waals surface area contributed by atoms with Crippen LogP contribution in [0.25, 0.3) is 0 Å². The second-order valence-electron chi connectivity index (χ2n) is 6.51. The molecule has 0 spiro atoms. The van der Waals surface area contributed by atoms with Gasteiger partial charge in [0.05, 0.1) is 0 Å². The smallest absolute Gasteiger partial charge is 0.323 e. The number of likely N-dealkylation sites (tertiary alicyclic amines) is 1. The number of piperidine rings is 1. The first-order valence-electron chi connectivity index (χ1n) is 8.37. The molecule has 2 fully saturated rings. The Morgan fingerprint density at radius 3 is 2.80 bits per heavy atom. The maximum atomic E-state index is 11.7. The second-order valence-corrected chi connectivity index (χ2v) is 6.51. The van der Waals surface area contributed by atoms with E-state index in [0.29, 0.717) is 12.1 Å². The third-order valence-corrected chi connectivity index (χ3v) is 5.22. The van der Waals surface area contributed by atoms with Gasteiger partial charge in [0, 0.05) is 12.1 Å². The maximum absolute atomic E-state index is 11.7. The summed E-state index contributed by atoms with van der Waals surface area (Å²) in [6.07, 6.45) is 8.66. The predicted octanol–water partition coefficient (Wildman–Crippen LogP) is 2.63. The third kappa shape index (κ3) is 3.17. The zero-order chi connectivity index (χ0) is 14.6. The van der Waals surface area contributed by atoms with Gasteiger partial charge in [-0.2, -0.15) is 0 Å². The van der Waals surface area contributed by atoms with Crippen LogP contribution in [-0.2, 0) is 4.79 Å². The summed E-state index contributed by atoms with van der Waals surface area (Å²) in [5, 5.41) is 13.0. The van der Waals surface area contributed by atoms with E-state index in [0.717, 1.165) is 38.8 Å². The zero-order valence-corrected chi connectivity index (χ0v) is 13.0. The van der Waals surface area contributed by atoms with Crippen LogP contribution in [-0.4, -0.2) is 46.7 Å². The molecule has 1 aliphatic carbocycles. The summed E-state index contributed by atoms with van der Waals surface area (Å²) in [6, 6.07) is 1.13. The van der Waals surface area contributed by atoms with Crippen LogP contribution in [0.3, 0.4) is 0 Å². The van der Waals surface area contributed by atoms with E-state index in [9.17, 15) is 9.90 Å². The van der Waals surface area contributed by atoms with E-state index >= 15 is 0 Å². The quantitative estimate of drug-likeness (QED) is 0.786. The lowest BCUT2D eigenvalue weighted by atomic mass is 9.94. The molecule has 3 unspecified atom stereocenters. The molecule has 4 heteroatoms. The fourth-order valence-corrected chi connectivity index (χ4v) is 4.04. The van der Waals surface area contributed by atoms with Gasteiger partial charge in [-0.25, -0.2) is 0 Å². The Hall–Kier alpha value is -0.610. The van der Waals surface area contributed by atoms with Crippen molar-refractivity contribution >= 4 is 5.97 Å². The number of carboxylic acid groups (broad SMARTS) is 1. The van der Waals surface area contributed by atoms with Gasteiger partial charge in [0.25, 0.3) is 0 Å². The van der Waals surface area contributed by atoms with E-state index in [1.54, 1.807) is 0 Å². The standard InChI is InChI=1S/C16H30N2O2/c1-3-10-17-16(15(19)20)9-8-14(12-16)18-11-6-5-7-13(18)4-2/h13-14,17H,3-12H2,1-2H3,(H,19,20). The summed E-state index contributed by atoms with van der Waals surface area (Å²) in [6.45, 7) is 6.31. The molecule has 0 bridgehead atoms. The number of hydrogen-bond donors (Lipinski definition) is 2. The van der Waals surface area contributed by atoms with Crippen molar-refractivity contribution in [3.63, 3.8) is 0 Å². The lowest BCUT2D eigenvalue weighted by Crippen LogP contribution is -2.52. The van der Waals surface area contributed by atoms with Crippen molar-refractivity contribution in [3.05, 3.63) is 0 Å². The van der Waals surface area contributed by atoms with Gasteiger partial charge in [0.2, 0.25) is 0 Å². The molecule has 4 nitrogen and oxygen atoms in total. The first-order valence-corrected chi connectivity index (χ1v) is 8.37. The van der Waals surface area contributed by atoms with Crippen molar-refractivity contribution in [2.75, 3.05) is 13.1 Å².